The Hall–Kier alpha value is -2.07. The first kappa shape index (κ1) is 23.6. The van der Waals surface area contributed by atoms with Crippen LogP contribution in [0.2, 0.25) is 15.1 Å². The SMILES string of the molecule is N#CC1(CC(=O)c2ccc(/C=C/C(c3cc(Cl)c(F)c(Cl)c3)C(F)(F)F)cc2Cl)CC1. The lowest BCUT2D eigenvalue weighted by Crippen LogP contribution is -2.19. The highest BCUT2D eigenvalue weighted by atomic mass is 35.5. The van der Waals surface area contributed by atoms with Crippen LogP contribution in [0.15, 0.2) is 36.4 Å². The van der Waals surface area contributed by atoms with Crippen LogP contribution in [-0.4, -0.2) is 12.0 Å². The quantitative estimate of drug-likeness (QED) is 0.234. The maximum atomic E-state index is 13.6. The molecular weight excluding hydrogens is 477 g/mol. The molecule has 0 aliphatic heterocycles. The van der Waals surface area contributed by atoms with E-state index in [2.05, 4.69) is 6.07 Å². The van der Waals surface area contributed by atoms with Gasteiger partial charge in [0.2, 0.25) is 0 Å². The van der Waals surface area contributed by atoms with Crippen molar-refractivity contribution in [2.24, 2.45) is 5.41 Å². The zero-order valence-electron chi connectivity index (χ0n) is 15.7. The minimum absolute atomic E-state index is 0.0562. The van der Waals surface area contributed by atoms with Gasteiger partial charge in [-0.05, 0) is 48.2 Å². The number of carbonyl (C=O) groups is 1. The summed E-state index contributed by atoms with van der Waals surface area (Å²) >= 11 is 17.4. The van der Waals surface area contributed by atoms with Crippen molar-refractivity contribution in [3.05, 3.63) is 74.0 Å². The number of ketones is 1. The molecule has 0 amide bonds. The van der Waals surface area contributed by atoms with Crippen LogP contribution in [0, 0.1) is 22.6 Å². The lowest BCUT2D eigenvalue weighted by atomic mass is 9.95. The van der Waals surface area contributed by atoms with Crippen molar-refractivity contribution in [3.8, 4) is 6.07 Å². The molecule has 2 aromatic carbocycles. The molecule has 0 spiro atoms. The molecule has 1 unspecified atom stereocenters. The Labute approximate surface area is 191 Å². The molecule has 1 fully saturated rings. The first-order valence-corrected chi connectivity index (χ1v) is 10.2. The molecule has 31 heavy (non-hydrogen) atoms. The number of benzene rings is 2. The average molecular weight is 491 g/mol. The second-order valence-corrected chi connectivity index (χ2v) is 8.63. The summed E-state index contributed by atoms with van der Waals surface area (Å²) in [5, 5.41) is 8.18. The fourth-order valence-electron chi connectivity index (χ4n) is 3.11. The minimum atomic E-state index is -4.68. The summed E-state index contributed by atoms with van der Waals surface area (Å²) < 4.78 is 54.3. The van der Waals surface area contributed by atoms with Crippen LogP contribution in [0.1, 0.15) is 46.7 Å². The van der Waals surface area contributed by atoms with E-state index >= 15 is 0 Å². The number of hydrogen-bond donors (Lipinski definition) is 0. The van der Waals surface area contributed by atoms with E-state index < -0.39 is 33.4 Å². The summed E-state index contributed by atoms with van der Waals surface area (Å²) in [4.78, 5) is 12.4. The molecule has 0 bridgehead atoms. The van der Waals surface area contributed by atoms with Crippen LogP contribution in [0.4, 0.5) is 17.6 Å². The number of rotatable bonds is 6. The Morgan fingerprint density at radius 2 is 1.74 bits per heavy atom. The topological polar surface area (TPSA) is 40.9 Å². The van der Waals surface area contributed by atoms with Gasteiger partial charge in [0, 0.05) is 12.0 Å². The zero-order valence-corrected chi connectivity index (χ0v) is 18.0. The number of nitriles is 1. The van der Waals surface area contributed by atoms with Crippen molar-refractivity contribution >= 4 is 46.7 Å². The van der Waals surface area contributed by atoms with E-state index in [4.69, 9.17) is 40.1 Å². The summed E-state index contributed by atoms with van der Waals surface area (Å²) in [5.74, 6) is -3.37. The highest BCUT2D eigenvalue weighted by molar-refractivity contribution is 6.35. The van der Waals surface area contributed by atoms with Gasteiger partial charge in [-0.2, -0.15) is 18.4 Å². The van der Waals surface area contributed by atoms with Crippen LogP contribution < -0.4 is 0 Å². The van der Waals surface area contributed by atoms with Crippen LogP contribution in [0.3, 0.4) is 0 Å². The first-order valence-electron chi connectivity index (χ1n) is 9.09. The number of carbonyl (C=O) groups excluding carboxylic acids is 1. The second kappa shape index (κ2) is 8.82. The Morgan fingerprint density at radius 3 is 2.23 bits per heavy atom. The standard InChI is InChI=1S/C22H14Cl3F4NO/c23-16-7-12(1-3-14(16)19(31)10-21(11-30)5-6-21)2-4-15(22(27,28)29)13-8-17(24)20(26)18(25)9-13/h1-4,7-9,15H,5-6,10H2/b4-2+. The van der Waals surface area contributed by atoms with Gasteiger partial charge in [-0.25, -0.2) is 4.39 Å². The highest BCUT2D eigenvalue weighted by Crippen LogP contribution is 2.49. The van der Waals surface area contributed by atoms with E-state index in [1.165, 1.54) is 24.3 Å². The van der Waals surface area contributed by atoms with Crippen LogP contribution >= 0.6 is 34.8 Å². The third kappa shape index (κ3) is 5.41. The molecular formula is C22H14Cl3F4NO. The predicted molar refractivity (Wildman–Crippen MR) is 112 cm³/mol. The van der Waals surface area contributed by atoms with E-state index in [0.717, 1.165) is 18.2 Å². The van der Waals surface area contributed by atoms with Crippen molar-refractivity contribution in [2.45, 2.75) is 31.4 Å². The lowest BCUT2D eigenvalue weighted by molar-refractivity contribution is -0.139. The highest BCUT2D eigenvalue weighted by Gasteiger charge is 2.45. The normalized spacial score (nSPS) is 16.2. The molecule has 2 aromatic rings. The van der Waals surface area contributed by atoms with Crippen molar-refractivity contribution in [1.29, 1.82) is 5.26 Å². The lowest BCUT2D eigenvalue weighted by Gasteiger charge is -2.18. The molecule has 9 heteroatoms. The molecule has 3 rings (SSSR count). The monoisotopic (exact) mass is 489 g/mol. The Balaban J connectivity index is 1.85. The summed E-state index contributed by atoms with van der Waals surface area (Å²) in [6, 6.07) is 8.14. The minimum Gasteiger partial charge on any atom is -0.294 e. The Bertz CT molecular complexity index is 1080. The van der Waals surface area contributed by atoms with Crippen LogP contribution in [0.5, 0.6) is 0 Å². The number of alkyl halides is 3. The van der Waals surface area contributed by atoms with Gasteiger partial charge in [-0.3, -0.25) is 4.79 Å². The molecule has 0 N–H and O–H groups in total. The van der Waals surface area contributed by atoms with Crippen molar-refractivity contribution in [3.63, 3.8) is 0 Å². The Kier molecular flexibility index (Phi) is 6.71. The van der Waals surface area contributed by atoms with Gasteiger partial charge in [0.1, 0.15) is 0 Å². The molecule has 1 atom stereocenters. The van der Waals surface area contributed by atoms with Crippen molar-refractivity contribution < 1.29 is 22.4 Å². The van der Waals surface area contributed by atoms with Gasteiger partial charge in [0.15, 0.2) is 11.6 Å². The number of allylic oxidation sites excluding steroid dienone is 1. The molecule has 1 aliphatic carbocycles. The molecule has 0 saturated heterocycles. The van der Waals surface area contributed by atoms with E-state index in [9.17, 15) is 22.4 Å². The van der Waals surface area contributed by atoms with Crippen molar-refractivity contribution in [2.75, 3.05) is 0 Å². The number of hydrogen-bond acceptors (Lipinski definition) is 2. The number of halogens is 7. The fraction of sp³-hybridized carbons (Fsp3) is 0.273. The van der Waals surface area contributed by atoms with Gasteiger partial charge in [-0.1, -0.05) is 53.0 Å². The number of nitrogens with zero attached hydrogens (tertiary/aromatic N) is 1. The van der Waals surface area contributed by atoms with Gasteiger partial charge in [0.25, 0.3) is 0 Å². The van der Waals surface area contributed by atoms with E-state index in [0.29, 0.717) is 18.4 Å². The average Bonchev–Trinajstić information content (AvgIpc) is 3.45. The summed E-state index contributed by atoms with van der Waals surface area (Å²) in [6.45, 7) is 0. The fourth-order valence-corrected chi connectivity index (χ4v) is 3.91. The van der Waals surface area contributed by atoms with Gasteiger partial charge >= 0.3 is 6.18 Å². The molecule has 0 radical (unpaired) electrons. The van der Waals surface area contributed by atoms with Gasteiger partial charge < -0.3 is 0 Å². The Morgan fingerprint density at radius 1 is 1.13 bits per heavy atom. The van der Waals surface area contributed by atoms with E-state index in [1.54, 1.807) is 0 Å². The molecule has 1 saturated carbocycles. The summed E-state index contributed by atoms with van der Waals surface area (Å²) in [6.07, 6.45) is -1.24. The molecule has 162 valence electrons. The predicted octanol–water partition coefficient (Wildman–Crippen LogP) is 8.02. The molecule has 0 aromatic heterocycles. The maximum absolute atomic E-state index is 13.6. The van der Waals surface area contributed by atoms with Gasteiger partial charge in [-0.15, -0.1) is 0 Å². The molecule has 0 heterocycles. The summed E-state index contributed by atoms with van der Waals surface area (Å²) in [5.41, 5.74) is -0.401. The first-order chi connectivity index (χ1) is 14.5. The second-order valence-electron chi connectivity index (χ2n) is 7.41. The summed E-state index contributed by atoms with van der Waals surface area (Å²) in [7, 11) is 0. The third-order valence-corrected chi connectivity index (χ3v) is 5.95. The van der Waals surface area contributed by atoms with E-state index in [-0.39, 0.29) is 28.4 Å². The van der Waals surface area contributed by atoms with Crippen molar-refractivity contribution in [1.82, 2.24) is 0 Å². The van der Waals surface area contributed by atoms with Crippen LogP contribution in [0.25, 0.3) is 6.08 Å². The third-order valence-electron chi connectivity index (χ3n) is 5.08. The molecule has 1 aliphatic rings. The van der Waals surface area contributed by atoms with Gasteiger partial charge in [0.05, 0.1) is 32.5 Å². The largest absolute Gasteiger partial charge is 0.399 e. The van der Waals surface area contributed by atoms with E-state index in [1.807, 2.05) is 0 Å². The van der Waals surface area contributed by atoms with Crippen LogP contribution in [-0.2, 0) is 0 Å². The number of Topliss-reactive ketones (excluding diaryl/α,β-unsaturated/α-hetero) is 1. The molecule has 2 nitrogen and oxygen atoms in total. The maximum Gasteiger partial charge on any atom is 0.399 e. The zero-order chi connectivity index (χ0) is 23.0. The smallest absolute Gasteiger partial charge is 0.294 e.